The molecule has 0 fully saturated rings. The molecule has 0 saturated carbocycles. The summed E-state index contributed by atoms with van der Waals surface area (Å²) in [5, 5.41) is 0. The second-order valence-corrected chi connectivity index (χ2v) is 3.47. The van der Waals surface area contributed by atoms with Crippen LogP contribution in [0.1, 0.15) is 19.3 Å². The molecule has 16 heavy (non-hydrogen) atoms. The van der Waals surface area contributed by atoms with Crippen LogP contribution in [0.25, 0.3) is 0 Å². The zero-order chi connectivity index (χ0) is 12.1. The first-order valence-corrected chi connectivity index (χ1v) is 5.69. The van der Waals surface area contributed by atoms with E-state index >= 15 is 0 Å². The molecule has 0 heterocycles. The highest BCUT2D eigenvalue weighted by molar-refractivity contribution is 5.06. The minimum absolute atomic E-state index is 0.415. The molecule has 0 aliphatic carbocycles. The summed E-state index contributed by atoms with van der Waals surface area (Å²) in [5.74, 6) is 0.415. The Morgan fingerprint density at radius 3 is 2.12 bits per heavy atom. The molecular formula is C16H22. The summed E-state index contributed by atoms with van der Waals surface area (Å²) in [6.07, 6.45) is 21.3. The van der Waals surface area contributed by atoms with E-state index < -0.39 is 0 Å². The van der Waals surface area contributed by atoms with E-state index in [0.717, 1.165) is 19.3 Å². The first kappa shape index (κ1) is 14.4. The van der Waals surface area contributed by atoms with Gasteiger partial charge in [-0.2, -0.15) is 0 Å². The van der Waals surface area contributed by atoms with Crippen molar-refractivity contribution in [1.82, 2.24) is 0 Å². The molecule has 0 aliphatic rings. The second-order valence-electron chi connectivity index (χ2n) is 3.47. The lowest BCUT2D eigenvalue weighted by molar-refractivity contribution is 0.829. The maximum absolute atomic E-state index is 3.81. The average Bonchev–Trinajstić information content (AvgIpc) is 2.32. The molecule has 1 atom stereocenters. The number of allylic oxidation sites excluding steroid dienone is 9. The summed E-state index contributed by atoms with van der Waals surface area (Å²) in [5.41, 5.74) is 0. The normalized spacial score (nSPS) is 13.5. The lowest BCUT2D eigenvalue weighted by atomic mass is 10.0. The molecule has 1 unspecified atom stereocenters. The number of hydrogen-bond donors (Lipinski definition) is 0. The van der Waals surface area contributed by atoms with E-state index in [-0.39, 0.29) is 0 Å². The Kier molecular flexibility index (Phi) is 10.4. The highest BCUT2D eigenvalue weighted by Gasteiger charge is 1.93. The van der Waals surface area contributed by atoms with Crippen LogP contribution in [-0.2, 0) is 0 Å². The van der Waals surface area contributed by atoms with Crippen molar-refractivity contribution in [2.75, 3.05) is 0 Å². The third kappa shape index (κ3) is 9.01. The van der Waals surface area contributed by atoms with E-state index in [4.69, 9.17) is 0 Å². The van der Waals surface area contributed by atoms with Gasteiger partial charge < -0.3 is 0 Å². The van der Waals surface area contributed by atoms with Gasteiger partial charge >= 0.3 is 0 Å². The van der Waals surface area contributed by atoms with Crippen LogP contribution in [-0.4, -0.2) is 0 Å². The summed E-state index contributed by atoms with van der Waals surface area (Å²) in [4.78, 5) is 0. The van der Waals surface area contributed by atoms with Crippen molar-refractivity contribution >= 4 is 0 Å². The monoisotopic (exact) mass is 214 g/mol. The van der Waals surface area contributed by atoms with Crippen LogP contribution in [0.3, 0.4) is 0 Å². The Hall–Kier alpha value is -1.56. The van der Waals surface area contributed by atoms with E-state index in [1.807, 2.05) is 18.2 Å². The molecule has 0 heteroatoms. The highest BCUT2D eigenvalue weighted by atomic mass is 14.0. The lowest BCUT2D eigenvalue weighted by Crippen LogP contribution is -1.87. The molecule has 0 spiro atoms. The predicted octanol–water partition coefficient (Wildman–Crippen LogP) is 5.00. The Labute approximate surface area is 100 Å². The van der Waals surface area contributed by atoms with Crippen molar-refractivity contribution in [3.8, 4) is 0 Å². The molecule has 0 N–H and O–H groups in total. The van der Waals surface area contributed by atoms with Gasteiger partial charge in [0.2, 0.25) is 0 Å². The number of rotatable bonds is 9. The predicted molar refractivity (Wildman–Crippen MR) is 75.4 cm³/mol. The summed E-state index contributed by atoms with van der Waals surface area (Å²) >= 11 is 0. The highest BCUT2D eigenvalue weighted by Crippen LogP contribution is 2.08. The summed E-state index contributed by atoms with van der Waals surface area (Å²) in [6, 6.07) is 0. The Morgan fingerprint density at radius 2 is 1.50 bits per heavy atom. The van der Waals surface area contributed by atoms with Gasteiger partial charge in [0, 0.05) is 0 Å². The molecule has 0 saturated heterocycles. The Morgan fingerprint density at radius 1 is 0.812 bits per heavy atom. The summed E-state index contributed by atoms with van der Waals surface area (Å²) < 4.78 is 0. The van der Waals surface area contributed by atoms with Crippen molar-refractivity contribution in [3.05, 3.63) is 74.4 Å². The van der Waals surface area contributed by atoms with E-state index in [9.17, 15) is 0 Å². The van der Waals surface area contributed by atoms with E-state index in [1.165, 1.54) is 0 Å². The van der Waals surface area contributed by atoms with Gasteiger partial charge in [-0.05, 0) is 25.2 Å². The number of unbranched alkanes of at least 4 members (excludes halogenated alkanes) is 1. The summed E-state index contributed by atoms with van der Waals surface area (Å²) in [7, 11) is 0. The standard InChI is InChI=1S/C16H22/c1-4-7-9-10-11-12-13-15-16(6-3)14-8-5-2/h4-9,12-14,16H,1-3,10-11,15H2. The van der Waals surface area contributed by atoms with E-state index in [0.29, 0.717) is 5.92 Å². The minimum Gasteiger partial charge on any atom is -0.102 e. The topological polar surface area (TPSA) is 0 Å². The molecule has 0 amide bonds. The van der Waals surface area contributed by atoms with Gasteiger partial charge in [0.05, 0.1) is 0 Å². The van der Waals surface area contributed by atoms with Gasteiger partial charge in [-0.15, -0.1) is 6.58 Å². The van der Waals surface area contributed by atoms with Crippen molar-refractivity contribution in [2.24, 2.45) is 5.92 Å². The first-order chi connectivity index (χ1) is 7.85. The van der Waals surface area contributed by atoms with Crippen LogP contribution in [0.5, 0.6) is 0 Å². The molecular weight excluding hydrogens is 192 g/mol. The largest absolute Gasteiger partial charge is 0.102 e. The molecule has 0 aromatic rings. The maximum Gasteiger partial charge on any atom is -0.00185 e. The van der Waals surface area contributed by atoms with Crippen LogP contribution in [0.4, 0.5) is 0 Å². The van der Waals surface area contributed by atoms with Gasteiger partial charge in [-0.3, -0.25) is 0 Å². The van der Waals surface area contributed by atoms with Crippen molar-refractivity contribution < 1.29 is 0 Å². The molecule has 0 nitrogen and oxygen atoms in total. The van der Waals surface area contributed by atoms with Gasteiger partial charge in [0.25, 0.3) is 0 Å². The van der Waals surface area contributed by atoms with Crippen molar-refractivity contribution in [3.63, 3.8) is 0 Å². The average molecular weight is 214 g/mol. The fourth-order valence-electron chi connectivity index (χ4n) is 1.23. The van der Waals surface area contributed by atoms with Crippen LogP contribution in [0.2, 0.25) is 0 Å². The molecule has 0 bridgehead atoms. The van der Waals surface area contributed by atoms with E-state index in [2.05, 4.69) is 44.0 Å². The van der Waals surface area contributed by atoms with E-state index in [1.54, 1.807) is 12.2 Å². The van der Waals surface area contributed by atoms with Gasteiger partial charge in [-0.25, -0.2) is 0 Å². The fraction of sp³-hybridized carbons (Fsp3) is 0.250. The third-order valence-electron chi connectivity index (χ3n) is 2.14. The molecule has 0 rings (SSSR count). The smallest absolute Gasteiger partial charge is 0.00185 e. The lowest BCUT2D eigenvalue weighted by Gasteiger charge is -2.01. The molecule has 0 aromatic heterocycles. The molecule has 0 radical (unpaired) electrons. The van der Waals surface area contributed by atoms with Crippen molar-refractivity contribution in [1.29, 1.82) is 0 Å². The zero-order valence-corrected chi connectivity index (χ0v) is 10.0. The summed E-state index contributed by atoms with van der Waals surface area (Å²) in [6.45, 7) is 11.1. The SMILES string of the molecule is C=CC=CCCC=CCC(C=C)C=CC=C. The van der Waals surface area contributed by atoms with Crippen LogP contribution in [0.15, 0.2) is 74.4 Å². The fourth-order valence-corrected chi connectivity index (χ4v) is 1.23. The second kappa shape index (κ2) is 11.5. The molecule has 86 valence electrons. The Bertz CT molecular complexity index is 276. The third-order valence-corrected chi connectivity index (χ3v) is 2.14. The zero-order valence-electron chi connectivity index (χ0n) is 10.0. The van der Waals surface area contributed by atoms with Gasteiger partial charge in [0.1, 0.15) is 0 Å². The minimum atomic E-state index is 0.415. The van der Waals surface area contributed by atoms with Crippen molar-refractivity contribution in [2.45, 2.75) is 19.3 Å². The maximum atomic E-state index is 3.81. The van der Waals surface area contributed by atoms with Crippen LogP contribution in [0, 0.1) is 5.92 Å². The quantitative estimate of drug-likeness (QED) is 0.288. The molecule has 0 aromatic carbocycles. The Balaban J connectivity index is 3.74. The first-order valence-electron chi connectivity index (χ1n) is 5.69. The van der Waals surface area contributed by atoms with Gasteiger partial charge in [0.15, 0.2) is 0 Å². The van der Waals surface area contributed by atoms with Crippen LogP contribution < -0.4 is 0 Å². The molecule has 0 aliphatic heterocycles. The van der Waals surface area contributed by atoms with Gasteiger partial charge in [-0.1, -0.05) is 67.8 Å². The number of hydrogen-bond acceptors (Lipinski definition) is 0. The van der Waals surface area contributed by atoms with Crippen LogP contribution >= 0.6 is 0 Å².